The predicted octanol–water partition coefficient (Wildman–Crippen LogP) is 2.30. The third-order valence-corrected chi connectivity index (χ3v) is 2.77. The predicted molar refractivity (Wildman–Crippen MR) is 74.1 cm³/mol. The van der Waals surface area contributed by atoms with E-state index in [0.717, 1.165) is 32.3 Å². The first kappa shape index (κ1) is 17.9. The fourth-order valence-corrected chi connectivity index (χ4v) is 1.67. The summed E-state index contributed by atoms with van der Waals surface area (Å²) in [4.78, 5) is 24.0. The van der Waals surface area contributed by atoms with Gasteiger partial charge in [-0.15, -0.1) is 0 Å². The Morgan fingerprint density at radius 2 is 1.68 bits per heavy atom. The summed E-state index contributed by atoms with van der Waals surface area (Å²) >= 11 is 0. The largest absolute Gasteiger partial charge is 0.481 e. The Labute approximate surface area is 115 Å². The summed E-state index contributed by atoms with van der Waals surface area (Å²) in [6, 6.07) is 0. The summed E-state index contributed by atoms with van der Waals surface area (Å²) in [5.74, 6) is -0.828. The van der Waals surface area contributed by atoms with Crippen molar-refractivity contribution in [2.45, 2.75) is 52.4 Å². The minimum atomic E-state index is -0.867. The van der Waals surface area contributed by atoms with Crippen molar-refractivity contribution in [2.75, 3.05) is 26.3 Å². The van der Waals surface area contributed by atoms with E-state index in [1.807, 2.05) is 6.92 Å². The Balaban J connectivity index is 3.90. The first-order chi connectivity index (χ1) is 9.11. The number of hydrogen-bond acceptors (Lipinski definition) is 3. The van der Waals surface area contributed by atoms with Crippen LogP contribution in [0.5, 0.6) is 0 Å². The van der Waals surface area contributed by atoms with Crippen molar-refractivity contribution in [3.63, 3.8) is 0 Å². The second kappa shape index (κ2) is 12.0. The van der Waals surface area contributed by atoms with Crippen LogP contribution in [-0.4, -0.2) is 48.2 Å². The molecule has 5 heteroatoms. The van der Waals surface area contributed by atoms with Crippen molar-refractivity contribution >= 4 is 11.9 Å². The van der Waals surface area contributed by atoms with Gasteiger partial charge >= 0.3 is 5.97 Å². The van der Waals surface area contributed by atoms with Gasteiger partial charge in [0.15, 0.2) is 0 Å². The van der Waals surface area contributed by atoms with Crippen LogP contribution in [0.15, 0.2) is 0 Å². The van der Waals surface area contributed by atoms with E-state index in [4.69, 9.17) is 9.84 Å². The minimum Gasteiger partial charge on any atom is -0.481 e. The topological polar surface area (TPSA) is 66.8 Å². The molecule has 0 saturated carbocycles. The SMILES string of the molecule is CCCCOCCCN(CCC(=O)O)C(=O)CCC. The molecule has 0 aliphatic carbocycles. The van der Waals surface area contributed by atoms with Gasteiger partial charge in [-0.05, 0) is 19.3 Å². The molecule has 0 aliphatic heterocycles. The van der Waals surface area contributed by atoms with Crippen LogP contribution in [0.3, 0.4) is 0 Å². The standard InChI is InChI=1S/C14H27NO4/c1-3-5-11-19-12-6-9-15(10-8-14(17)18)13(16)7-4-2/h3-12H2,1-2H3,(H,17,18). The summed E-state index contributed by atoms with van der Waals surface area (Å²) in [5.41, 5.74) is 0. The molecule has 0 spiro atoms. The van der Waals surface area contributed by atoms with Crippen LogP contribution in [0, 0.1) is 0 Å². The molecule has 5 nitrogen and oxygen atoms in total. The lowest BCUT2D eigenvalue weighted by Crippen LogP contribution is -2.34. The van der Waals surface area contributed by atoms with Gasteiger partial charge < -0.3 is 14.7 Å². The maximum atomic E-state index is 11.8. The van der Waals surface area contributed by atoms with Gasteiger partial charge in [-0.1, -0.05) is 20.3 Å². The van der Waals surface area contributed by atoms with E-state index in [-0.39, 0.29) is 12.3 Å². The Hall–Kier alpha value is -1.10. The zero-order chi connectivity index (χ0) is 14.5. The number of carboxylic acids is 1. The molecule has 0 radical (unpaired) electrons. The van der Waals surface area contributed by atoms with Gasteiger partial charge in [0.25, 0.3) is 0 Å². The number of hydrogen-bond donors (Lipinski definition) is 1. The van der Waals surface area contributed by atoms with Crippen LogP contribution in [-0.2, 0) is 14.3 Å². The monoisotopic (exact) mass is 273 g/mol. The van der Waals surface area contributed by atoms with E-state index in [1.54, 1.807) is 4.90 Å². The summed E-state index contributed by atoms with van der Waals surface area (Å²) in [6.07, 6.45) is 4.20. The quantitative estimate of drug-likeness (QED) is 0.554. The Morgan fingerprint density at radius 1 is 1.00 bits per heavy atom. The molecular weight excluding hydrogens is 246 g/mol. The summed E-state index contributed by atoms with van der Waals surface area (Å²) in [5, 5.41) is 8.68. The van der Waals surface area contributed by atoms with Crippen molar-refractivity contribution in [2.24, 2.45) is 0 Å². The number of carboxylic acid groups (broad SMARTS) is 1. The number of unbranched alkanes of at least 4 members (excludes halogenated alkanes) is 1. The van der Waals surface area contributed by atoms with Crippen LogP contribution in [0.4, 0.5) is 0 Å². The van der Waals surface area contributed by atoms with E-state index in [2.05, 4.69) is 6.92 Å². The molecule has 0 rings (SSSR count). The number of rotatable bonds is 12. The van der Waals surface area contributed by atoms with Crippen LogP contribution in [0.1, 0.15) is 52.4 Å². The number of ether oxygens (including phenoxy) is 1. The van der Waals surface area contributed by atoms with Gasteiger partial charge in [0.05, 0.1) is 6.42 Å². The lowest BCUT2D eigenvalue weighted by molar-refractivity contribution is -0.138. The fraction of sp³-hybridized carbons (Fsp3) is 0.857. The molecule has 0 unspecified atom stereocenters. The van der Waals surface area contributed by atoms with E-state index >= 15 is 0 Å². The van der Waals surface area contributed by atoms with E-state index < -0.39 is 5.97 Å². The maximum Gasteiger partial charge on any atom is 0.305 e. The van der Waals surface area contributed by atoms with Crippen molar-refractivity contribution in [3.8, 4) is 0 Å². The molecule has 0 aromatic carbocycles. The third kappa shape index (κ3) is 10.5. The smallest absolute Gasteiger partial charge is 0.305 e. The fourth-order valence-electron chi connectivity index (χ4n) is 1.67. The molecule has 0 aromatic heterocycles. The molecule has 0 heterocycles. The summed E-state index contributed by atoms with van der Waals surface area (Å²) in [7, 11) is 0. The zero-order valence-electron chi connectivity index (χ0n) is 12.2. The highest BCUT2D eigenvalue weighted by Gasteiger charge is 2.13. The number of aliphatic carboxylic acids is 1. The Bertz CT molecular complexity index is 256. The molecule has 1 amide bonds. The van der Waals surface area contributed by atoms with Crippen LogP contribution in [0.25, 0.3) is 0 Å². The molecule has 0 aromatic rings. The van der Waals surface area contributed by atoms with E-state index in [0.29, 0.717) is 26.1 Å². The molecular formula is C14H27NO4. The lowest BCUT2D eigenvalue weighted by atomic mass is 10.2. The second-order valence-electron chi connectivity index (χ2n) is 4.59. The number of carbonyl (C=O) groups is 2. The maximum absolute atomic E-state index is 11.8. The van der Waals surface area contributed by atoms with Gasteiger partial charge in [0, 0.05) is 32.7 Å². The third-order valence-electron chi connectivity index (χ3n) is 2.77. The average Bonchev–Trinajstić information content (AvgIpc) is 2.37. The van der Waals surface area contributed by atoms with Crippen molar-refractivity contribution in [1.29, 1.82) is 0 Å². The lowest BCUT2D eigenvalue weighted by Gasteiger charge is -2.21. The van der Waals surface area contributed by atoms with Crippen molar-refractivity contribution in [1.82, 2.24) is 4.90 Å². The molecule has 0 aliphatic rings. The highest BCUT2D eigenvalue weighted by molar-refractivity contribution is 5.76. The van der Waals surface area contributed by atoms with Crippen molar-refractivity contribution in [3.05, 3.63) is 0 Å². The molecule has 0 saturated heterocycles. The normalized spacial score (nSPS) is 10.4. The number of amides is 1. The average molecular weight is 273 g/mol. The first-order valence-electron chi connectivity index (χ1n) is 7.19. The van der Waals surface area contributed by atoms with Crippen LogP contribution >= 0.6 is 0 Å². The molecule has 1 N–H and O–H groups in total. The van der Waals surface area contributed by atoms with E-state index in [1.165, 1.54) is 0 Å². The van der Waals surface area contributed by atoms with E-state index in [9.17, 15) is 9.59 Å². The van der Waals surface area contributed by atoms with Gasteiger partial charge in [0.1, 0.15) is 0 Å². The first-order valence-corrected chi connectivity index (χ1v) is 7.19. The zero-order valence-corrected chi connectivity index (χ0v) is 12.2. The summed E-state index contributed by atoms with van der Waals surface area (Å²) < 4.78 is 5.44. The highest BCUT2D eigenvalue weighted by Crippen LogP contribution is 2.02. The van der Waals surface area contributed by atoms with Crippen LogP contribution < -0.4 is 0 Å². The second-order valence-corrected chi connectivity index (χ2v) is 4.59. The van der Waals surface area contributed by atoms with Gasteiger partial charge in [-0.2, -0.15) is 0 Å². The number of nitrogens with zero attached hydrogens (tertiary/aromatic N) is 1. The van der Waals surface area contributed by atoms with Gasteiger partial charge in [-0.3, -0.25) is 9.59 Å². The Morgan fingerprint density at radius 3 is 2.26 bits per heavy atom. The Kier molecular flexibility index (Phi) is 11.3. The summed E-state index contributed by atoms with van der Waals surface area (Å²) in [6.45, 7) is 6.32. The highest BCUT2D eigenvalue weighted by atomic mass is 16.5. The van der Waals surface area contributed by atoms with Crippen molar-refractivity contribution < 1.29 is 19.4 Å². The van der Waals surface area contributed by atoms with Gasteiger partial charge in [0.2, 0.25) is 5.91 Å². The molecule has 19 heavy (non-hydrogen) atoms. The molecule has 0 atom stereocenters. The minimum absolute atomic E-state index is 0.00610. The molecule has 112 valence electrons. The van der Waals surface area contributed by atoms with Gasteiger partial charge in [-0.25, -0.2) is 0 Å². The molecule has 0 bridgehead atoms. The van der Waals surface area contributed by atoms with Crippen LogP contribution in [0.2, 0.25) is 0 Å². The molecule has 0 fully saturated rings. The number of carbonyl (C=O) groups excluding carboxylic acids is 1.